The number of para-hydroxylation sites is 1. The number of benzene rings is 1. The molecule has 3 heterocycles. The van der Waals surface area contributed by atoms with Crippen LogP contribution in [0.5, 0.6) is 5.75 Å². The number of anilines is 1. The van der Waals surface area contributed by atoms with Crippen LogP contribution in [0.3, 0.4) is 0 Å². The van der Waals surface area contributed by atoms with Crippen molar-refractivity contribution in [3.8, 4) is 5.75 Å². The molecule has 1 amide bonds. The number of fused-ring (bicyclic) bond motifs is 1. The maximum atomic E-state index is 12.4. The molecule has 1 atom stereocenters. The van der Waals surface area contributed by atoms with Gasteiger partial charge in [-0.15, -0.1) is 0 Å². The van der Waals surface area contributed by atoms with Crippen molar-refractivity contribution in [2.24, 2.45) is 5.92 Å². The number of hydrogen-bond acceptors (Lipinski definition) is 5. The van der Waals surface area contributed by atoms with Crippen molar-refractivity contribution in [3.63, 3.8) is 0 Å². The Balaban J connectivity index is 1.59. The summed E-state index contributed by atoms with van der Waals surface area (Å²) in [6.07, 6.45) is 2.62. The number of carbonyl (C=O) groups excluding carboxylic acids is 1. The average molecular weight is 366 g/mol. The van der Waals surface area contributed by atoms with Crippen molar-refractivity contribution in [2.45, 2.75) is 39.2 Å². The van der Waals surface area contributed by atoms with Crippen LogP contribution in [0.2, 0.25) is 0 Å². The third kappa shape index (κ3) is 3.89. The van der Waals surface area contributed by atoms with Crippen molar-refractivity contribution in [2.75, 3.05) is 24.5 Å². The number of ether oxygens (including phenoxy) is 1. The molecule has 6 nitrogen and oxygen atoms in total. The zero-order chi connectivity index (χ0) is 18.8. The monoisotopic (exact) mass is 366 g/mol. The first-order valence-electron chi connectivity index (χ1n) is 9.75. The Kier molecular flexibility index (Phi) is 4.97. The maximum absolute atomic E-state index is 12.4. The molecule has 0 radical (unpaired) electrons. The molecule has 1 aromatic carbocycles. The summed E-state index contributed by atoms with van der Waals surface area (Å²) in [6, 6.07) is 9.93. The molecule has 1 N–H and O–H groups in total. The average Bonchev–Trinajstić information content (AvgIpc) is 3.10. The summed E-state index contributed by atoms with van der Waals surface area (Å²) in [4.78, 5) is 24.0. The first-order valence-corrected chi connectivity index (χ1v) is 9.75. The molecular formula is C21H26N4O2. The summed E-state index contributed by atoms with van der Waals surface area (Å²) in [5.74, 6) is 2.93. The Morgan fingerprint density at radius 1 is 1.26 bits per heavy atom. The highest BCUT2D eigenvalue weighted by atomic mass is 16.5. The van der Waals surface area contributed by atoms with Crippen LogP contribution >= 0.6 is 0 Å². The molecule has 0 bridgehead atoms. The predicted octanol–water partition coefficient (Wildman–Crippen LogP) is 2.62. The van der Waals surface area contributed by atoms with Gasteiger partial charge in [0, 0.05) is 31.5 Å². The topological polar surface area (TPSA) is 67.3 Å². The molecule has 2 aromatic rings. The third-order valence-electron chi connectivity index (χ3n) is 4.99. The maximum Gasteiger partial charge on any atom is 0.270 e. The van der Waals surface area contributed by atoms with Gasteiger partial charge in [0.25, 0.3) is 5.91 Å². The van der Waals surface area contributed by atoms with Gasteiger partial charge in [-0.25, -0.2) is 9.97 Å². The lowest BCUT2D eigenvalue weighted by Crippen LogP contribution is -2.36. The van der Waals surface area contributed by atoms with Crippen LogP contribution in [0, 0.1) is 5.92 Å². The van der Waals surface area contributed by atoms with Crippen LogP contribution in [-0.2, 0) is 12.8 Å². The number of hydrogen-bond donors (Lipinski definition) is 1. The Labute approximate surface area is 160 Å². The first kappa shape index (κ1) is 17.8. The van der Waals surface area contributed by atoms with E-state index >= 15 is 0 Å². The molecule has 4 rings (SSSR count). The number of nitrogens with zero attached hydrogens (tertiary/aromatic N) is 3. The van der Waals surface area contributed by atoms with Gasteiger partial charge in [-0.1, -0.05) is 32.0 Å². The van der Waals surface area contributed by atoms with E-state index in [0.29, 0.717) is 18.2 Å². The fourth-order valence-corrected chi connectivity index (χ4v) is 3.75. The first-order chi connectivity index (χ1) is 13.1. The number of carbonyl (C=O) groups is 1. The van der Waals surface area contributed by atoms with Gasteiger partial charge in [-0.05, 0) is 24.5 Å². The highest BCUT2D eigenvalue weighted by Crippen LogP contribution is 2.29. The molecule has 0 unspecified atom stereocenters. The van der Waals surface area contributed by atoms with Crippen LogP contribution in [0.4, 0.5) is 5.82 Å². The van der Waals surface area contributed by atoms with E-state index in [0.717, 1.165) is 55.3 Å². The zero-order valence-corrected chi connectivity index (χ0v) is 15.9. The van der Waals surface area contributed by atoms with Gasteiger partial charge in [0.05, 0.1) is 6.54 Å². The molecule has 2 aliphatic heterocycles. The Morgan fingerprint density at radius 2 is 2.07 bits per heavy atom. The molecule has 1 aromatic heterocycles. The largest absolute Gasteiger partial charge is 0.489 e. The molecule has 6 heteroatoms. The molecule has 27 heavy (non-hydrogen) atoms. The molecular weight excluding hydrogens is 340 g/mol. The van der Waals surface area contributed by atoms with Gasteiger partial charge >= 0.3 is 0 Å². The van der Waals surface area contributed by atoms with Crippen LogP contribution in [-0.4, -0.2) is 41.6 Å². The van der Waals surface area contributed by atoms with E-state index in [9.17, 15) is 4.79 Å². The molecule has 0 spiro atoms. The molecule has 2 aliphatic rings. The molecule has 142 valence electrons. The summed E-state index contributed by atoms with van der Waals surface area (Å²) >= 11 is 0. The van der Waals surface area contributed by atoms with Gasteiger partial charge in [0.1, 0.15) is 29.2 Å². The SMILES string of the molecule is CC(C)Cc1nc2c(c(N3CC[C@@H](Oc4ccccc4)C3)n1)CCNC2=O. The smallest absolute Gasteiger partial charge is 0.270 e. The van der Waals surface area contributed by atoms with Gasteiger partial charge in [-0.2, -0.15) is 0 Å². The second kappa shape index (κ2) is 7.55. The van der Waals surface area contributed by atoms with E-state index in [-0.39, 0.29) is 12.0 Å². The third-order valence-corrected chi connectivity index (χ3v) is 4.99. The summed E-state index contributed by atoms with van der Waals surface area (Å²) in [5, 5.41) is 2.91. The van der Waals surface area contributed by atoms with Crippen LogP contribution in [0.15, 0.2) is 30.3 Å². The lowest BCUT2D eigenvalue weighted by atomic mass is 10.0. The van der Waals surface area contributed by atoms with Gasteiger partial charge in [0.2, 0.25) is 0 Å². The fourth-order valence-electron chi connectivity index (χ4n) is 3.75. The van der Waals surface area contributed by atoms with E-state index in [4.69, 9.17) is 9.72 Å². The number of aromatic nitrogens is 2. The minimum absolute atomic E-state index is 0.0822. The van der Waals surface area contributed by atoms with Gasteiger partial charge in [-0.3, -0.25) is 4.79 Å². The van der Waals surface area contributed by atoms with Crippen molar-refractivity contribution in [1.29, 1.82) is 0 Å². The van der Waals surface area contributed by atoms with Gasteiger partial charge in [0.15, 0.2) is 0 Å². The highest BCUT2D eigenvalue weighted by molar-refractivity contribution is 5.96. The lowest BCUT2D eigenvalue weighted by Gasteiger charge is -2.25. The fraction of sp³-hybridized carbons (Fsp3) is 0.476. The summed E-state index contributed by atoms with van der Waals surface area (Å²) in [6.45, 7) is 6.58. The molecule has 1 fully saturated rings. The van der Waals surface area contributed by atoms with E-state index in [1.807, 2.05) is 30.3 Å². The van der Waals surface area contributed by atoms with Crippen LogP contribution in [0.25, 0.3) is 0 Å². The van der Waals surface area contributed by atoms with E-state index in [1.165, 1.54) is 0 Å². The lowest BCUT2D eigenvalue weighted by molar-refractivity contribution is 0.0940. The quantitative estimate of drug-likeness (QED) is 0.881. The highest BCUT2D eigenvalue weighted by Gasteiger charge is 2.31. The second-order valence-electron chi connectivity index (χ2n) is 7.68. The van der Waals surface area contributed by atoms with Crippen LogP contribution < -0.4 is 15.0 Å². The van der Waals surface area contributed by atoms with E-state index in [1.54, 1.807) is 0 Å². The minimum Gasteiger partial charge on any atom is -0.489 e. The Bertz CT molecular complexity index is 822. The Hall–Kier alpha value is -2.63. The summed E-state index contributed by atoms with van der Waals surface area (Å²) in [5.41, 5.74) is 1.53. The molecule has 0 aliphatic carbocycles. The normalized spacial score (nSPS) is 19.1. The standard InChI is InChI=1S/C21H26N4O2/c1-14(2)12-18-23-19-17(8-10-22-21(19)26)20(24-18)25-11-9-16(13-25)27-15-6-4-3-5-7-15/h3-7,14,16H,8-13H2,1-2H3,(H,22,26)/t16-/m1/s1. The minimum atomic E-state index is -0.0822. The van der Waals surface area contributed by atoms with Crippen molar-refractivity contribution in [3.05, 3.63) is 47.4 Å². The zero-order valence-electron chi connectivity index (χ0n) is 15.9. The molecule has 0 saturated carbocycles. The molecule has 1 saturated heterocycles. The van der Waals surface area contributed by atoms with Crippen molar-refractivity contribution < 1.29 is 9.53 Å². The summed E-state index contributed by atoms with van der Waals surface area (Å²) in [7, 11) is 0. The number of amides is 1. The van der Waals surface area contributed by atoms with E-state index < -0.39 is 0 Å². The summed E-state index contributed by atoms with van der Waals surface area (Å²) < 4.78 is 6.12. The number of nitrogens with one attached hydrogen (secondary N) is 1. The van der Waals surface area contributed by atoms with E-state index in [2.05, 4.69) is 29.0 Å². The Morgan fingerprint density at radius 3 is 2.85 bits per heavy atom. The van der Waals surface area contributed by atoms with Gasteiger partial charge < -0.3 is 15.0 Å². The predicted molar refractivity (Wildman–Crippen MR) is 104 cm³/mol. The second-order valence-corrected chi connectivity index (χ2v) is 7.68. The van der Waals surface area contributed by atoms with Crippen molar-refractivity contribution in [1.82, 2.24) is 15.3 Å². The number of rotatable bonds is 5. The van der Waals surface area contributed by atoms with Crippen molar-refractivity contribution >= 4 is 11.7 Å². The van der Waals surface area contributed by atoms with Crippen LogP contribution in [0.1, 0.15) is 42.1 Å².